The Morgan fingerprint density at radius 2 is 0.937 bits per heavy atom. The van der Waals surface area contributed by atoms with E-state index in [1.165, 1.54) is 173 Å². The van der Waals surface area contributed by atoms with Crippen LogP contribution in [0, 0.1) is 0 Å². The van der Waals surface area contributed by atoms with Crippen LogP contribution in [0.15, 0.2) is 0 Å². The van der Waals surface area contributed by atoms with Crippen molar-refractivity contribution >= 4 is 96.6 Å². The van der Waals surface area contributed by atoms with E-state index < -0.39 is 31.3 Å². The number of methoxy groups -OCH3 is 1. The van der Waals surface area contributed by atoms with Crippen LogP contribution >= 0.6 is 54.6 Å². The Hall–Kier alpha value is 1.34. The average Bonchev–Trinajstić information content (AvgIpc) is 3.46. The summed E-state index contributed by atoms with van der Waals surface area (Å²) in [6.07, 6.45) is 45.2. The van der Waals surface area contributed by atoms with Crippen LogP contribution in [0.3, 0.4) is 0 Å². The topological polar surface area (TPSA) is 120 Å². The monoisotopic (exact) mass is 1220 g/mol. The second kappa shape index (κ2) is 66.9. The minimum absolute atomic E-state index is 0.0418. The third-order valence-electron chi connectivity index (χ3n) is 14.0. The molecule has 0 saturated carbocycles. The standard InChI is InChI=1S/C30H63B2N2O4P2S.C28H59B2N2O3P2S/c1-5-7-9-11-12-13-14-15-16-18-20-22-30(35)33-28(26-37-41-39-31)25-34(27-36-3)24-23-29(38-40(4)32)21-19-17-10-8-6-2;1-4-6-8-10-11-12-13-14-15-17-19-21-28(33)32-26(25-34-38-36-29)24-31-23-22-27(35-37(3)30)20-18-16-9-7-5-2/h28-29,31,39H,5-27H2,1-4H3,(H,33,35);26-27,29,31,36H,4-25H2,1-3H3,(H,32,33)/t28-,29-,39?,40?;26-,27-,36?,37?/m11/s1/i31T,39D;29T,36D. The number of ether oxygens (including phenoxy) is 1. The molecule has 0 fully saturated rings. The third kappa shape index (κ3) is 63.7. The molecule has 21 heteroatoms. The van der Waals surface area contributed by atoms with E-state index in [0.29, 0.717) is 39.3 Å². The second-order valence-corrected chi connectivity index (χ2v) is 27.7. The van der Waals surface area contributed by atoms with Crippen molar-refractivity contribution in [2.75, 3.05) is 66.6 Å². The average molecular weight is 1220 g/mol. The minimum atomic E-state index is -1.40. The Kier molecular flexibility index (Phi) is 63.1. The van der Waals surface area contributed by atoms with Gasteiger partial charge in [-0.05, 0) is 77.1 Å². The van der Waals surface area contributed by atoms with E-state index in [1.807, 2.05) is 13.3 Å². The van der Waals surface area contributed by atoms with E-state index in [4.69, 9.17) is 42.5 Å². The molecule has 4 unspecified atom stereocenters. The number of hydrogen-bond donors (Lipinski definition) is 3. The summed E-state index contributed by atoms with van der Waals surface area (Å²) < 4.78 is 58.9. The van der Waals surface area contributed by atoms with Gasteiger partial charge >= 0.3 is 0 Å². The van der Waals surface area contributed by atoms with Crippen molar-refractivity contribution in [3.05, 3.63) is 0 Å². The first kappa shape index (κ1) is 74.6. The first-order valence-electron chi connectivity index (χ1n) is 33.7. The maximum atomic E-state index is 12.9. The molecule has 460 valence electrons. The van der Waals surface area contributed by atoms with Gasteiger partial charge in [0.25, 0.3) is 0 Å². The van der Waals surface area contributed by atoms with Crippen LogP contribution in [-0.4, -0.2) is 143 Å². The minimum Gasteiger partial charge on any atom is -0.369 e. The molecule has 0 bridgehead atoms. The Balaban J connectivity index is 0. The highest BCUT2D eigenvalue weighted by atomic mass is 32.7. The molecule has 0 saturated heterocycles. The maximum absolute atomic E-state index is 12.9. The van der Waals surface area contributed by atoms with E-state index >= 15 is 0 Å². The van der Waals surface area contributed by atoms with Gasteiger partial charge in [0.15, 0.2) is 0 Å². The highest BCUT2D eigenvalue weighted by Crippen LogP contribution is 2.32. The lowest BCUT2D eigenvalue weighted by Gasteiger charge is -2.29. The highest BCUT2D eigenvalue weighted by Gasteiger charge is 2.20. The van der Waals surface area contributed by atoms with E-state index in [0.717, 1.165) is 109 Å². The van der Waals surface area contributed by atoms with Crippen LogP contribution in [0.25, 0.3) is 0 Å². The molecular weight excluding hydrogens is 1100 g/mol. The van der Waals surface area contributed by atoms with Crippen molar-refractivity contribution in [1.29, 1.82) is 5.23 Å². The van der Waals surface area contributed by atoms with Crippen LogP contribution in [0.5, 0.6) is 0 Å². The lowest BCUT2D eigenvalue weighted by atomic mass is 10.1. The van der Waals surface area contributed by atoms with Gasteiger partial charge < -0.3 is 38.1 Å². The van der Waals surface area contributed by atoms with Crippen molar-refractivity contribution in [1.82, 2.24) is 20.9 Å². The molecule has 0 aromatic heterocycles. The predicted octanol–water partition coefficient (Wildman–Crippen LogP) is 16.5. The molecule has 79 heavy (non-hydrogen) atoms. The van der Waals surface area contributed by atoms with Crippen LogP contribution in [0.4, 0.5) is 0 Å². The maximum Gasteiger partial charge on any atom is 0.220 e. The molecule has 8 atom stereocenters. The summed E-state index contributed by atoms with van der Waals surface area (Å²) in [4.78, 5) is 27.7. The summed E-state index contributed by atoms with van der Waals surface area (Å²) in [5, 5.41) is 9.76. The number of hydrogen-bond acceptors (Lipinski definition) is 11. The first-order chi connectivity index (χ1) is 40.3. The van der Waals surface area contributed by atoms with Gasteiger partial charge in [-0.25, -0.2) is 0 Å². The molecule has 2 amide bonds. The van der Waals surface area contributed by atoms with Crippen molar-refractivity contribution < 1.29 is 31.7 Å². The Morgan fingerprint density at radius 3 is 1.33 bits per heavy atom. The summed E-state index contributed by atoms with van der Waals surface area (Å²) in [6, 6.07) is -0.406. The quantitative estimate of drug-likeness (QED) is 0.0178. The van der Waals surface area contributed by atoms with Crippen LogP contribution in [0.1, 0.15) is 272 Å². The molecule has 0 aromatic rings. The van der Waals surface area contributed by atoms with Crippen LogP contribution in [0.2, 0.25) is 0 Å². The molecule has 3 N–H and O–H groups in total. The van der Waals surface area contributed by atoms with Crippen LogP contribution in [-0.2, 0) is 31.7 Å². The zero-order valence-corrected chi connectivity index (χ0v) is 57.1. The van der Waals surface area contributed by atoms with Gasteiger partial charge in [0.2, 0.25) is 11.8 Å². The number of carbonyl (C=O) groups is 2. The summed E-state index contributed by atoms with van der Waals surface area (Å²) in [5.41, 5.74) is 0. The molecule has 0 heterocycles. The van der Waals surface area contributed by atoms with E-state index in [2.05, 4.69) is 48.5 Å². The van der Waals surface area contributed by atoms with Crippen LogP contribution < -0.4 is 16.0 Å². The number of carbonyl (C=O) groups excluding carboxylic acids is 2. The fourth-order valence-corrected chi connectivity index (χ4v) is 12.2. The van der Waals surface area contributed by atoms with Crippen molar-refractivity contribution in [2.45, 2.75) is 296 Å². The van der Waals surface area contributed by atoms with Crippen molar-refractivity contribution in [3.8, 4) is 0 Å². The molecule has 0 spiro atoms. The van der Waals surface area contributed by atoms with Gasteiger partial charge in [-0.2, -0.15) is 0 Å². The van der Waals surface area contributed by atoms with Gasteiger partial charge in [-0.3, -0.25) is 14.5 Å². The second-order valence-electron chi connectivity index (χ2n) is 21.8. The third-order valence-corrected chi connectivity index (χ3v) is 17.0. The summed E-state index contributed by atoms with van der Waals surface area (Å²) in [6.45, 7) is 16.6. The lowest BCUT2D eigenvalue weighted by Crippen LogP contribution is -2.47. The fourth-order valence-electron chi connectivity index (χ4n) is 9.57. The number of amides is 2. The summed E-state index contributed by atoms with van der Waals surface area (Å²) in [7, 11) is 11.3. The molecule has 0 aromatic carbocycles. The normalized spacial score (nSPS) is 15.3. The molecule has 6 radical (unpaired) electrons. The molecule has 0 rings (SSSR count). The van der Waals surface area contributed by atoms with Crippen molar-refractivity contribution in [2.24, 2.45) is 0 Å². The number of nitrogens with zero attached hydrogens (tertiary/aromatic N) is 1. The van der Waals surface area contributed by atoms with E-state index in [9.17, 15) is 9.59 Å². The van der Waals surface area contributed by atoms with Gasteiger partial charge in [-0.1, -0.05) is 236 Å². The zero-order chi connectivity index (χ0) is 61.7. The number of rotatable bonds is 64. The molecule has 0 aliphatic rings. The summed E-state index contributed by atoms with van der Waals surface area (Å²) >= 11 is 2.01. The Morgan fingerprint density at radius 1 is 0.570 bits per heavy atom. The molecule has 11 nitrogen and oxygen atoms in total. The Labute approximate surface area is 514 Å². The van der Waals surface area contributed by atoms with E-state index in [-0.39, 0.29) is 42.7 Å². The number of nitrogens with one attached hydrogen (secondary N) is 3. The summed E-state index contributed by atoms with van der Waals surface area (Å²) in [5.74, 6) is 0.102. The first-order valence-corrected chi connectivity index (χ1v) is 39.9. The molecule has 0 aliphatic heterocycles. The molecule has 0 aliphatic carbocycles. The fraction of sp³-hybridized carbons (Fsp3) is 0.966. The van der Waals surface area contributed by atoms with Gasteiger partial charge in [0, 0.05) is 62.9 Å². The predicted molar refractivity (Wildman–Crippen MR) is 363 cm³/mol. The van der Waals surface area contributed by atoms with Crippen molar-refractivity contribution in [3.63, 3.8) is 0 Å². The highest BCUT2D eigenvalue weighted by molar-refractivity contribution is 8.53. The van der Waals surface area contributed by atoms with Gasteiger partial charge in [0.05, 0.1) is 46.8 Å². The van der Waals surface area contributed by atoms with E-state index in [1.54, 1.807) is 7.11 Å². The smallest absolute Gasteiger partial charge is 0.220 e. The van der Waals surface area contributed by atoms with Gasteiger partial charge in [-0.15, -0.1) is 0 Å². The lowest BCUT2D eigenvalue weighted by molar-refractivity contribution is -0.123. The number of unbranched alkanes of at least 4 members (excludes halogenated alkanes) is 28. The largest absolute Gasteiger partial charge is 0.369 e. The molecular formula is C58H122B4N4O7P4S2. The SMILES string of the molecule is [2H]P([B][3H])SOC[C@@H](CN(CC[C@@H](CCCCCCC)OP([B])C)COC)NC(=O)CCCCCCCCCCCCC.[2H]P([B][3H])SOC[C@@H](CNCC[C@@H](CCCCCCC)OP([B])C)NC(=O)CCCCCCCCCCCCC. The Bertz CT molecular complexity index is 1390. The zero-order valence-electron chi connectivity index (χ0n) is 55.8. The van der Waals surface area contributed by atoms with Gasteiger partial charge in [0.1, 0.15) is 30.2 Å².